The van der Waals surface area contributed by atoms with Crippen LogP contribution in [0.5, 0.6) is 17.2 Å². The van der Waals surface area contributed by atoms with Gasteiger partial charge >= 0.3 is 0 Å². The van der Waals surface area contributed by atoms with Gasteiger partial charge in [0.15, 0.2) is 11.5 Å². The number of carbonyl (C=O) groups is 1. The SMILES string of the molecule is COc1ccc(CCNC(=O)c2ccc3c(c2)CCCO3)cc1OC. The lowest BCUT2D eigenvalue weighted by Gasteiger charge is -2.17. The highest BCUT2D eigenvalue weighted by molar-refractivity contribution is 5.94. The Bertz CT molecular complexity index is 757. The first-order valence-electron chi connectivity index (χ1n) is 8.46. The molecule has 2 aromatic rings. The summed E-state index contributed by atoms with van der Waals surface area (Å²) in [6.07, 6.45) is 2.68. The number of hydrogen-bond donors (Lipinski definition) is 1. The first-order valence-corrected chi connectivity index (χ1v) is 8.46. The molecule has 2 aromatic carbocycles. The van der Waals surface area contributed by atoms with E-state index in [1.807, 2.05) is 36.4 Å². The Balaban J connectivity index is 1.57. The van der Waals surface area contributed by atoms with Crippen LogP contribution in [-0.4, -0.2) is 33.3 Å². The maximum atomic E-state index is 12.3. The summed E-state index contributed by atoms with van der Waals surface area (Å²) in [5, 5.41) is 2.97. The van der Waals surface area contributed by atoms with Crippen LogP contribution >= 0.6 is 0 Å². The van der Waals surface area contributed by atoms with E-state index in [-0.39, 0.29) is 5.91 Å². The number of carbonyl (C=O) groups excluding carboxylic acids is 1. The normalized spacial score (nSPS) is 12.7. The molecule has 3 rings (SSSR count). The van der Waals surface area contributed by atoms with Crippen molar-refractivity contribution in [2.75, 3.05) is 27.4 Å². The van der Waals surface area contributed by atoms with Crippen molar-refractivity contribution in [1.29, 1.82) is 0 Å². The lowest BCUT2D eigenvalue weighted by atomic mass is 10.0. The second kappa shape index (κ2) is 7.92. The van der Waals surface area contributed by atoms with Gasteiger partial charge in [0, 0.05) is 12.1 Å². The second-order valence-corrected chi connectivity index (χ2v) is 5.97. The van der Waals surface area contributed by atoms with E-state index in [9.17, 15) is 4.79 Å². The van der Waals surface area contributed by atoms with Crippen molar-refractivity contribution >= 4 is 5.91 Å². The molecule has 1 aliphatic rings. The monoisotopic (exact) mass is 341 g/mol. The highest BCUT2D eigenvalue weighted by atomic mass is 16.5. The number of fused-ring (bicyclic) bond motifs is 1. The van der Waals surface area contributed by atoms with E-state index in [2.05, 4.69) is 5.32 Å². The number of amides is 1. The molecule has 25 heavy (non-hydrogen) atoms. The molecule has 132 valence electrons. The zero-order valence-corrected chi connectivity index (χ0v) is 14.6. The van der Waals surface area contributed by atoms with E-state index in [1.165, 1.54) is 0 Å². The maximum absolute atomic E-state index is 12.3. The highest BCUT2D eigenvalue weighted by Gasteiger charge is 2.13. The molecule has 5 heteroatoms. The van der Waals surface area contributed by atoms with Crippen molar-refractivity contribution < 1.29 is 19.0 Å². The van der Waals surface area contributed by atoms with Crippen molar-refractivity contribution in [2.24, 2.45) is 0 Å². The summed E-state index contributed by atoms with van der Waals surface area (Å²) < 4.78 is 16.1. The van der Waals surface area contributed by atoms with E-state index in [0.717, 1.165) is 42.7 Å². The summed E-state index contributed by atoms with van der Waals surface area (Å²) in [5.74, 6) is 2.23. The Morgan fingerprint density at radius 1 is 1.12 bits per heavy atom. The molecule has 1 N–H and O–H groups in total. The van der Waals surface area contributed by atoms with Gasteiger partial charge in [-0.15, -0.1) is 0 Å². The first-order chi connectivity index (χ1) is 12.2. The van der Waals surface area contributed by atoms with E-state index in [4.69, 9.17) is 14.2 Å². The fraction of sp³-hybridized carbons (Fsp3) is 0.350. The van der Waals surface area contributed by atoms with Gasteiger partial charge in [0.25, 0.3) is 5.91 Å². The summed E-state index contributed by atoms with van der Waals surface area (Å²) in [6.45, 7) is 1.31. The maximum Gasteiger partial charge on any atom is 0.251 e. The minimum Gasteiger partial charge on any atom is -0.493 e. The first kappa shape index (κ1) is 17.1. The van der Waals surface area contributed by atoms with Gasteiger partial charge in [0.1, 0.15) is 5.75 Å². The van der Waals surface area contributed by atoms with Gasteiger partial charge in [-0.3, -0.25) is 4.79 Å². The van der Waals surface area contributed by atoms with Gasteiger partial charge in [0.2, 0.25) is 0 Å². The van der Waals surface area contributed by atoms with Gasteiger partial charge < -0.3 is 19.5 Å². The lowest BCUT2D eigenvalue weighted by Crippen LogP contribution is -2.26. The van der Waals surface area contributed by atoms with E-state index in [0.29, 0.717) is 23.6 Å². The molecule has 0 radical (unpaired) electrons. The van der Waals surface area contributed by atoms with Gasteiger partial charge in [-0.05, 0) is 60.7 Å². The van der Waals surface area contributed by atoms with Crippen LogP contribution in [0.25, 0.3) is 0 Å². The smallest absolute Gasteiger partial charge is 0.251 e. The predicted molar refractivity (Wildman–Crippen MR) is 95.8 cm³/mol. The summed E-state index contributed by atoms with van der Waals surface area (Å²) in [7, 11) is 3.23. The van der Waals surface area contributed by atoms with Gasteiger partial charge in [-0.1, -0.05) is 6.07 Å². The van der Waals surface area contributed by atoms with Crippen LogP contribution in [0.15, 0.2) is 36.4 Å². The number of aryl methyl sites for hydroxylation is 1. The zero-order chi connectivity index (χ0) is 17.6. The minimum atomic E-state index is -0.0612. The molecule has 0 bridgehead atoms. The molecule has 5 nitrogen and oxygen atoms in total. The zero-order valence-electron chi connectivity index (χ0n) is 14.6. The molecule has 1 amide bonds. The third kappa shape index (κ3) is 4.05. The van der Waals surface area contributed by atoms with Crippen molar-refractivity contribution in [3.63, 3.8) is 0 Å². The Kier molecular flexibility index (Phi) is 5.43. The van der Waals surface area contributed by atoms with Gasteiger partial charge in [-0.2, -0.15) is 0 Å². The van der Waals surface area contributed by atoms with Crippen LogP contribution < -0.4 is 19.5 Å². The fourth-order valence-corrected chi connectivity index (χ4v) is 2.96. The molecule has 0 spiro atoms. The number of ether oxygens (including phenoxy) is 3. The number of methoxy groups -OCH3 is 2. The quantitative estimate of drug-likeness (QED) is 0.877. The van der Waals surface area contributed by atoms with Crippen LogP contribution in [0.2, 0.25) is 0 Å². The molecule has 0 saturated heterocycles. The number of nitrogens with one attached hydrogen (secondary N) is 1. The third-order valence-electron chi connectivity index (χ3n) is 4.32. The van der Waals surface area contributed by atoms with Crippen molar-refractivity contribution in [3.05, 3.63) is 53.1 Å². The molecule has 0 fully saturated rings. The molecule has 0 saturated carbocycles. The number of hydrogen-bond acceptors (Lipinski definition) is 4. The van der Waals surface area contributed by atoms with E-state index in [1.54, 1.807) is 14.2 Å². The number of benzene rings is 2. The Labute approximate surface area is 147 Å². The number of rotatable bonds is 6. The Hall–Kier alpha value is -2.69. The van der Waals surface area contributed by atoms with Crippen LogP contribution in [0.1, 0.15) is 27.9 Å². The molecule has 0 unspecified atom stereocenters. The van der Waals surface area contributed by atoms with Crippen LogP contribution in [-0.2, 0) is 12.8 Å². The van der Waals surface area contributed by atoms with Crippen molar-refractivity contribution in [1.82, 2.24) is 5.32 Å². The molecule has 1 heterocycles. The Morgan fingerprint density at radius 3 is 2.76 bits per heavy atom. The molecule has 0 aromatic heterocycles. The molecular weight excluding hydrogens is 318 g/mol. The third-order valence-corrected chi connectivity index (χ3v) is 4.32. The standard InChI is InChI=1S/C20H23NO4/c1-23-18-7-5-14(12-19(18)24-2)9-10-21-20(22)16-6-8-17-15(13-16)4-3-11-25-17/h5-8,12-13H,3-4,9-11H2,1-2H3,(H,21,22). The van der Waals surface area contributed by atoms with Crippen LogP contribution in [0, 0.1) is 0 Å². The van der Waals surface area contributed by atoms with Crippen LogP contribution in [0.4, 0.5) is 0 Å². The predicted octanol–water partition coefficient (Wildman–Crippen LogP) is 3.00. The molecule has 0 atom stereocenters. The topological polar surface area (TPSA) is 56.8 Å². The fourth-order valence-electron chi connectivity index (χ4n) is 2.96. The van der Waals surface area contributed by atoms with Crippen LogP contribution in [0.3, 0.4) is 0 Å². The largest absolute Gasteiger partial charge is 0.493 e. The van der Waals surface area contributed by atoms with Gasteiger partial charge in [0.05, 0.1) is 20.8 Å². The summed E-state index contributed by atoms with van der Waals surface area (Å²) in [4.78, 5) is 12.3. The Morgan fingerprint density at radius 2 is 1.96 bits per heavy atom. The second-order valence-electron chi connectivity index (χ2n) is 5.97. The average molecular weight is 341 g/mol. The minimum absolute atomic E-state index is 0.0612. The highest BCUT2D eigenvalue weighted by Crippen LogP contribution is 2.28. The van der Waals surface area contributed by atoms with E-state index >= 15 is 0 Å². The molecule has 1 aliphatic heterocycles. The average Bonchev–Trinajstić information content (AvgIpc) is 2.67. The van der Waals surface area contributed by atoms with E-state index < -0.39 is 0 Å². The molecule has 0 aliphatic carbocycles. The lowest BCUT2D eigenvalue weighted by molar-refractivity contribution is 0.0954. The van der Waals surface area contributed by atoms with Crippen molar-refractivity contribution in [3.8, 4) is 17.2 Å². The summed E-state index contributed by atoms with van der Waals surface area (Å²) in [6, 6.07) is 11.4. The molecular formula is C20H23NO4. The van der Waals surface area contributed by atoms with Gasteiger partial charge in [-0.25, -0.2) is 0 Å². The summed E-state index contributed by atoms with van der Waals surface area (Å²) >= 11 is 0. The summed E-state index contributed by atoms with van der Waals surface area (Å²) in [5.41, 5.74) is 2.87. The van der Waals surface area contributed by atoms with Crippen molar-refractivity contribution in [2.45, 2.75) is 19.3 Å².